The first kappa shape index (κ1) is 21.4. The highest BCUT2D eigenvalue weighted by Crippen LogP contribution is 2.46. The first-order valence-electron chi connectivity index (χ1n) is 10.2. The second-order valence-electron chi connectivity index (χ2n) is 8.01. The Balaban J connectivity index is 1.88. The Morgan fingerprint density at radius 2 is 1.88 bits per heavy atom. The molecule has 0 saturated carbocycles. The summed E-state index contributed by atoms with van der Waals surface area (Å²) in [5.41, 5.74) is -0.564. The summed E-state index contributed by atoms with van der Waals surface area (Å²) in [6.45, 7) is 1.92. The number of amides is 4. The molecule has 1 fully saturated rings. The Morgan fingerprint density at radius 3 is 2.50 bits per heavy atom. The number of fused-ring (bicyclic) bond motifs is 1. The van der Waals surface area contributed by atoms with Gasteiger partial charge in [-0.1, -0.05) is 13.3 Å². The third-order valence-electron chi connectivity index (χ3n) is 6.22. The number of urea groups is 1. The van der Waals surface area contributed by atoms with Crippen LogP contribution in [-0.2, 0) is 16.0 Å². The van der Waals surface area contributed by atoms with Crippen LogP contribution in [0.1, 0.15) is 25.3 Å². The molecule has 4 amide bonds. The molecular formula is C22H21FN4O5. The molecule has 166 valence electrons. The van der Waals surface area contributed by atoms with Crippen molar-refractivity contribution in [3.63, 3.8) is 0 Å². The SMILES string of the molecule is CCC[C@@H]1N(C)c2ccc([N+](=O)[O-])cc2C[C@]12C(=O)NC(=O)N(c1ccc(F)cc1)C2=O. The molecular weight excluding hydrogens is 419 g/mol. The van der Waals surface area contributed by atoms with Crippen LogP contribution in [0, 0.1) is 21.3 Å². The zero-order valence-electron chi connectivity index (χ0n) is 17.5. The summed E-state index contributed by atoms with van der Waals surface area (Å²) in [6, 6.07) is 7.65. The summed E-state index contributed by atoms with van der Waals surface area (Å²) in [4.78, 5) is 53.2. The summed E-state index contributed by atoms with van der Waals surface area (Å²) in [5, 5.41) is 13.6. The molecule has 2 aromatic carbocycles. The number of nitro benzene ring substituents is 1. The fraction of sp³-hybridized carbons (Fsp3) is 0.318. The van der Waals surface area contributed by atoms with Crippen molar-refractivity contribution in [2.24, 2.45) is 5.41 Å². The molecule has 2 aliphatic heterocycles. The summed E-state index contributed by atoms with van der Waals surface area (Å²) in [6.07, 6.45) is 1.02. The Morgan fingerprint density at radius 1 is 1.19 bits per heavy atom. The largest absolute Gasteiger partial charge is 0.370 e. The zero-order valence-corrected chi connectivity index (χ0v) is 17.5. The van der Waals surface area contributed by atoms with Crippen molar-refractivity contribution in [2.75, 3.05) is 16.8 Å². The van der Waals surface area contributed by atoms with Crippen molar-refractivity contribution in [1.82, 2.24) is 5.32 Å². The van der Waals surface area contributed by atoms with Crippen molar-refractivity contribution in [3.8, 4) is 0 Å². The van der Waals surface area contributed by atoms with Crippen molar-refractivity contribution >= 4 is 34.9 Å². The van der Waals surface area contributed by atoms with Crippen LogP contribution in [0.15, 0.2) is 42.5 Å². The van der Waals surface area contributed by atoms with E-state index in [2.05, 4.69) is 5.32 Å². The van der Waals surface area contributed by atoms with Crippen LogP contribution in [0.4, 0.5) is 26.2 Å². The molecule has 1 N–H and O–H groups in total. The molecule has 32 heavy (non-hydrogen) atoms. The molecule has 0 bridgehead atoms. The number of carbonyl (C=O) groups excluding carboxylic acids is 3. The number of carbonyl (C=O) groups is 3. The van der Waals surface area contributed by atoms with Gasteiger partial charge in [0.25, 0.3) is 11.6 Å². The van der Waals surface area contributed by atoms with Crippen LogP contribution < -0.4 is 15.1 Å². The predicted molar refractivity (Wildman–Crippen MR) is 114 cm³/mol. The molecule has 2 atom stereocenters. The van der Waals surface area contributed by atoms with E-state index >= 15 is 0 Å². The highest BCUT2D eigenvalue weighted by atomic mass is 19.1. The highest BCUT2D eigenvalue weighted by Gasteiger charge is 2.61. The van der Waals surface area contributed by atoms with Gasteiger partial charge in [0.1, 0.15) is 5.82 Å². The molecule has 2 heterocycles. The van der Waals surface area contributed by atoms with Gasteiger partial charge in [-0.05, 0) is 42.3 Å². The van der Waals surface area contributed by atoms with Gasteiger partial charge in [0.2, 0.25) is 5.91 Å². The number of nitrogens with zero attached hydrogens (tertiary/aromatic N) is 3. The molecule has 0 radical (unpaired) electrons. The minimum absolute atomic E-state index is 0.103. The lowest BCUT2D eigenvalue weighted by Gasteiger charge is -2.50. The average Bonchev–Trinajstić information content (AvgIpc) is 2.75. The fourth-order valence-corrected chi connectivity index (χ4v) is 4.73. The van der Waals surface area contributed by atoms with E-state index < -0.39 is 40.0 Å². The van der Waals surface area contributed by atoms with Crippen LogP contribution in [0.25, 0.3) is 0 Å². The average molecular weight is 440 g/mol. The highest BCUT2D eigenvalue weighted by molar-refractivity contribution is 6.30. The molecule has 4 rings (SSSR count). The number of hydrogen-bond acceptors (Lipinski definition) is 6. The molecule has 9 nitrogen and oxygen atoms in total. The Bertz CT molecular complexity index is 1140. The van der Waals surface area contributed by atoms with Gasteiger partial charge in [-0.25, -0.2) is 14.1 Å². The minimum atomic E-state index is -1.69. The van der Waals surface area contributed by atoms with Gasteiger partial charge in [0.05, 0.1) is 16.7 Å². The minimum Gasteiger partial charge on any atom is -0.370 e. The topological polar surface area (TPSA) is 113 Å². The Kier molecular flexibility index (Phi) is 5.15. The van der Waals surface area contributed by atoms with Crippen molar-refractivity contribution in [1.29, 1.82) is 0 Å². The normalized spacial score (nSPS) is 22.7. The van der Waals surface area contributed by atoms with Crippen LogP contribution in [0.2, 0.25) is 0 Å². The summed E-state index contributed by atoms with van der Waals surface area (Å²) < 4.78 is 13.4. The molecule has 10 heteroatoms. The first-order valence-corrected chi connectivity index (χ1v) is 10.2. The van der Waals surface area contributed by atoms with Gasteiger partial charge in [-0.3, -0.25) is 25.0 Å². The number of imide groups is 2. The van der Waals surface area contributed by atoms with Crippen LogP contribution in [0.3, 0.4) is 0 Å². The lowest BCUT2D eigenvalue weighted by atomic mass is 9.67. The maximum atomic E-state index is 13.9. The second kappa shape index (κ2) is 7.70. The van der Waals surface area contributed by atoms with E-state index in [4.69, 9.17) is 0 Å². The van der Waals surface area contributed by atoms with E-state index in [0.29, 0.717) is 24.1 Å². The molecule has 0 aliphatic carbocycles. The van der Waals surface area contributed by atoms with E-state index in [1.54, 1.807) is 18.0 Å². The van der Waals surface area contributed by atoms with E-state index in [-0.39, 0.29) is 17.8 Å². The van der Waals surface area contributed by atoms with Gasteiger partial charge in [0, 0.05) is 31.3 Å². The standard InChI is InChI=1S/C22H21FN4O5/c1-3-4-18-22(12-13-11-16(27(31)32)9-10-17(13)25(18)2)19(28)24-21(30)26(20(22)29)15-7-5-14(23)6-8-15/h5-11,18H,3-4,12H2,1-2H3,(H,24,28,30)/t18-,22+/m0/s1. The van der Waals surface area contributed by atoms with E-state index in [0.717, 1.165) is 17.0 Å². The van der Waals surface area contributed by atoms with Crippen LogP contribution in [0.5, 0.6) is 0 Å². The summed E-state index contributed by atoms with van der Waals surface area (Å²) >= 11 is 0. The van der Waals surface area contributed by atoms with Gasteiger partial charge >= 0.3 is 6.03 Å². The van der Waals surface area contributed by atoms with E-state index in [1.807, 2.05) is 6.92 Å². The number of nitro groups is 1. The number of non-ortho nitro benzene ring substituents is 1. The maximum absolute atomic E-state index is 13.9. The zero-order chi connectivity index (χ0) is 23.2. The number of nitrogens with one attached hydrogen (secondary N) is 1. The second-order valence-corrected chi connectivity index (χ2v) is 8.01. The number of rotatable bonds is 4. The number of barbiturate groups is 1. The smallest absolute Gasteiger partial charge is 0.335 e. The molecule has 2 aliphatic rings. The number of anilines is 2. The van der Waals surface area contributed by atoms with Gasteiger partial charge in [-0.2, -0.15) is 0 Å². The Hall–Kier alpha value is -3.82. The predicted octanol–water partition coefficient (Wildman–Crippen LogP) is 3.16. The monoisotopic (exact) mass is 440 g/mol. The van der Waals surface area contributed by atoms with Crippen molar-refractivity contribution < 1.29 is 23.7 Å². The van der Waals surface area contributed by atoms with Crippen molar-refractivity contribution in [2.45, 2.75) is 32.2 Å². The van der Waals surface area contributed by atoms with Crippen LogP contribution in [-0.4, -0.2) is 35.9 Å². The summed E-state index contributed by atoms with van der Waals surface area (Å²) in [7, 11) is 1.73. The number of halogens is 1. The summed E-state index contributed by atoms with van der Waals surface area (Å²) in [5.74, 6) is -2.01. The number of hydrogen-bond donors (Lipinski definition) is 1. The fourth-order valence-electron chi connectivity index (χ4n) is 4.73. The lowest BCUT2D eigenvalue weighted by Crippen LogP contribution is -2.72. The quantitative estimate of drug-likeness (QED) is 0.444. The number of benzene rings is 2. The lowest BCUT2D eigenvalue weighted by molar-refractivity contribution is -0.384. The molecule has 1 spiro atoms. The van der Waals surface area contributed by atoms with Gasteiger partial charge in [0.15, 0.2) is 5.41 Å². The van der Waals surface area contributed by atoms with E-state index in [1.165, 1.54) is 24.3 Å². The third kappa shape index (κ3) is 3.10. The first-order chi connectivity index (χ1) is 15.2. The Labute approximate surface area is 182 Å². The van der Waals surface area contributed by atoms with Crippen LogP contribution >= 0.6 is 0 Å². The van der Waals surface area contributed by atoms with Gasteiger partial charge < -0.3 is 4.90 Å². The molecule has 2 aromatic rings. The maximum Gasteiger partial charge on any atom is 0.335 e. The molecule has 0 aromatic heterocycles. The van der Waals surface area contributed by atoms with E-state index in [9.17, 15) is 28.9 Å². The molecule has 1 saturated heterocycles. The third-order valence-corrected chi connectivity index (χ3v) is 6.22. The van der Waals surface area contributed by atoms with Crippen molar-refractivity contribution in [3.05, 3.63) is 64.0 Å². The molecule has 0 unspecified atom stereocenters. The van der Waals surface area contributed by atoms with Gasteiger partial charge in [-0.15, -0.1) is 0 Å².